The predicted octanol–water partition coefficient (Wildman–Crippen LogP) is 3.37. The lowest BCUT2D eigenvalue weighted by molar-refractivity contribution is -0.135. The van der Waals surface area contributed by atoms with Gasteiger partial charge in [0.05, 0.1) is 0 Å². The van der Waals surface area contributed by atoms with E-state index in [0.29, 0.717) is 18.5 Å². The largest absolute Gasteiger partial charge is 0.370 e. The number of para-hydroxylation sites is 2. The Kier molecular flexibility index (Phi) is 16.5. The molecular formula is C49H59N11O6. The Morgan fingerprint density at radius 3 is 1.94 bits per heavy atom. The van der Waals surface area contributed by atoms with Crippen molar-refractivity contribution in [3.63, 3.8) is 0 Å². The molecule has 0 radical (unpaired) electrons. The van der Waals surface area contributed by atoms with Gasteiger partial charge in [0.1, 0.15) is 29.7 Å². The number of amides is 7. The maximum atomic E-state index is 14.8. The quantitative estimate of drug-likeness (QED) is 0.0313. The maximum absolute atomic E-state index is 14.8. The molecule has 346 valence electrons. The van der Waals surface area contributed by atoms with E-state index in [1.807, 2.05) is 78.9 Å². The second kappa shape index (κ2) is 22.8. The number of carbonyl (C=O) groups is 6. The number of nitrogens with zero attached hydrogens (tertiary/aromatic N) is 1. The molecular weight excluding hydrogens is 839 g/mol. The van der Waals surface area contributed by atoms with Crippen LogP contribution in [-0.2, 0) is 36.8 Å². The van der Waals surface area contributed by atoms with E-state index in [9.17, 15) is 28.8 Å². The zero-order chi connectivity index (χ0) is 47.1. The Labute approximate surface area is 383 Å². The summed E-state index contributed by atoms with van der Waals surface area (Å²) in [5, 5.41) is 17.8. The summed E-state index contributed by atoms with van der Waals surface area (Å²) in [5.41, 5.74) is 19.2. The highest BCUT2D eigenvalue weighted by atomic mass is 16.2. The number of aromatic nitrogens is 1. The molecule has 1 saturated carbocycles. The number of hydrogen-bond acceptors (Lipinski definition) is 7. The normalized spacial score (nSPS) is 17.4. The summed E-state index contributed by atoms with van der Waals surface area (Å²) in [6.07, 6.45) is 3.81. The number of H-pyrrole nitrogens is 1. The minimum atomic E-state index is -1.40. The molecule has 13 N–H and O–H groups in total. The standard InChI is InChI=1S/C49H59N11O6/c1-31(42(50)61)55-44(63)41(29-35-30-54-38-21-12-11-20-37(35)38)58-43(62)39(22-13-27-53-47(51)52)57-45(64)40(28-32-14-5-2-6-15-32)59-46(65)49(60-48(66)56-36-18-9-4-10-19-36)25-23-34(24-26-49)33-16-7-3-8-17-33/h2-12,14-21,30-31,34,39-41,54H,13,22-29H2,1H3,(H2,50,61)(H,55,63)(H,57,64)(H,58,62)(H,59,65)(H4,51,52,53)(H2,56,60,66)/t31-,34?,39-,40+,41-,49?/m0/s1. The van der Waals surface area contributed by atoms with Crippen molar-refractivity contribution in [3.8, 4) is 0 Å². The van der Waals surface area contributed by atoms with Gasteiger partial charge in [-0.05, 0) is 86.3 Å². The summed E-state index contributed by atoms with van der Waals surface area (Å²) in [5.74, 6) is -3.39. The van der Waals surface area contributed by atoms with Crippen molar-refractivity contribution >= 4 is 58.1 Å². The topological polar surface area (TPSA) is 281 Å². The molecule has 1 fully saturated rings. The third-order valence-corrected chi connectivity index (χ3v) is 11.9. The van der Waals surface area contributed by atoms with Gasteiger partial charge in [0.15, 0.2) is 5.96 Å². The molecule has 0 unspecified atom stereocenters. The van der Waals surface area contributed by atoms with Crippen molar-refractivity contribution < 1.29 is 28.8 Å². The van der Waals surface area contributed by atoms with Crippen molar-refractivity contribution in [3.05, 3.63) is 138 Å². The Hall–Kier alpha value is -7.69. The first-order chi connectivity index (χ1) is 31.8. The van der Waals surface area contributed by atoms with Crippen LogP contribution in [0.1, 0.15) is 68.1 Å². The van der Waals surface area contributed by atoms with Gasteiger partial charge in [0.2, 0.25) is 29.5 Å². The van der Waals surface area contributed by atoms with Crippen LogP contribution in [0.2, 0.25) is 0 Å². The van der Waals surface area contributed by atoms with Crippen LogP contribution in [0.4, 0.5) is 10.5 Å². The van der Waals surface area contributed by atoms with E-state index in [0.717, 1.165) is 27.6 Å². The number of nitrogens with one attached hydrogen (secondary N) is 7. The highest BCUT2D eigenvalue weighted by Gasteiger charge is 2.45. The number of nitrogens with two attached hydrogens (primary N) is 3. The Morgan fingerprint density at radius 2 is 1.27 bits per heavy atom. The van der Waals surface area contributed by atoms with Crippen LogP contribution in [0.3, 0.4) is 0 Å². The number of benzene rings is 4. The highest BCUT2D eigenvalue weighted by molar-refractivity contribution is 5.99. The fraction of sp³-hybridized carbons (Fsp3) is 0.327. The summed E-state index contributed by atoms with van der Waals surface area (Å²) in [6, 6.07) is 30.1. The van der Waals surface area contributed by atoms with Crippen LogP contribution in [-0.4, -0.2) is 82.8 Å². The molecule has 0 saturated heterocycles. The van der Waals surface area contributed by atoms with Gasteiger partial charge in [-0.1, -0.05) is 97.1 Å². The molecule has 17 nitrogen and oxygen atoms in total. The van der Waals surface area contributed by atoms with E-state index in [4.69, 9.17) is 17.2 Å². The van der Waals surface area contributed by atoms with E-state index >= 15 is 0 Å². The first-order valence-electron chi connectivity index (χ1n) is 22.1. The number of guanidine groups is 1. The van der Waals surface area contributed by atoms with E-state index in [1.165, 1.54) is 6.92 Å². The molecule has 1 aliphatic rings. The van der Waals surface area contributed by atoms with Gasteiger partial charge in [0, 0.05) is 42.2 Å². The summed E-state index contributed by atoms with van der Waals surface area (Å²) < 4.78 is 0. The molecule has 7 amide bonds. The Balaban J connectivity index is 1.27. The number of aliphatic imine (C=N–C) groups is 1. The van der Waals surface area contributed by atoms with Crippen molar-refractivity contribution in [1.29, 1.82) is 0 Å². The Morgan fingerprint density at radius 1 is 0.697 bits per heavy atom. The van der Waals surface area contributed by atoms with Gasteiger partial charge in [-0.3, -0.25) is 29.0 Å². The first kappa shape index (κ1) is 47.8. The maximum Gasteiger partial charge on any atom is 0.320 e. The lowest BCUT2D eigenvalue weighted by Crippen LogP contribution is -2.64. The molecule has 4 aromatic carbocycles. The molecule has 6 rings (SSSR count). The minimum absolute atomic E-state index is 0.0203. The second-order valence-electron chi connectivity index (χ2n) is 16.7. The SMILES string of the molecule is C[C@H](NC(=O)[C@H](Cc1c[nH]c2ccccc12)NC(=O)[C@H](CCCN=C(N)N)NC(=O)[C@@H](Cc1ccccc1)NC(=O)C1(NC(=O)Nc2ccccc2)CCC(c2ccccc2)CC1)C(N)=O. The van der Waals surface area contributed by atoms with Crippen molar-refractivity contribution in [2.24, 2.45) is 22.2 Å². The molecule has 1 heterocycles. The number of carbonyl (C=O) groups excluding carboxylic acids is 6. The molecule has 1 aliphatic carbocycles. The number of anilines is 1. The fourth-order valence-corrected chi connectivity index (χ4v) is 8.27. The van der Waals surface area contributed by atoms with Crippen LogP contribution < -0.4 is 49.1 Å². The number of fused-ring (bicyclic) bond motifs is 1. The van der Waals surface area contributed by atoms with Gasteiger partial charge in [-0.15, -0.1) is 0 Å². The summed E-state index contributed by atoms with van der Waals surface area (Å²) >= 11 is 0. The van der Waals surface area contributed by atoms with Crippen LogP contribution in [0.25, 0.3) is 10.9 Å². The van der Waals surface area contributed by atoms with Crippen molar-refractivity contribution in [2.75, 3.05) is 11.9 Å². The summed E-state index contributed by atoms with van der Waals surface area (Å²) in [6.45, 7) is 1.56. The molecule has 4 atom stereocenters. The zero-order valence-electron chi connectivity index (χ0n) is 36.9. The van der Waals surface area contributed by atoms with E-state index in [-0.39, 0.29) is 56.9 Å². The summed E-state index contributed by atoms with van der Waals surface area (Å²) in [7, 11) is 0. The molecule has 0 bridgehead atoms. The number of rotatable bonds is 20. The van der Waals surface area contributed by atoms with Crippen LogP contribution in [0, 0.1) is 0 Å². The van der Waals surface area contributed by atoms with Gasteiger partial charge >= 0.3 is 6.03 Å². The minimum Gasteiger partial charge on any atom is -0.370 e. The monoisotopic (exact) mass is 897 g/mol. The van der Waals surface area contributed by atoms with E-state index < -0.39 is 65.3 Å². The highest BCUT2D eigenvalue weighted by Crippen LogP contribution is 2.38. The number of aromatic amines is 1. The van der Waals surface area contributed by atoms with Gasteiger partial charge < -0.3 is 54.1 Å². The molecule has 1 aromatic heterocycles. The van der Waals surface area contributed by atoms with Gasteiger partial charge in [-0.25, -0.2) is 4.79 Å². The van der Waals surface area contributed by atoms with E-state index in [1.54, 1.807) is 30.5 Å². The average Bonchev–Trinajstić information content (AvgIpc) is 3.72. The van der Waals surface area contributed by atoms with Gasteiger partial charge in [-0.2, -0.15) is 0 Å². The molecule has 5 aromatic rings. The third kappa shape index (κ3) is 13.2. The molecule has 17 heteroatoms. The van der Waals surface area contributed by atoms with Crippen LogP contribution in [0.5, 0.6) is 0 Å². The van der Waals surface area contributed by atoms with Gasteiger partial charge in [0.25, 0.3) is 0 Å². The smallest absolute Gasteiger partial charge is 0.320 e. The predicted molar refractivity (Wildman–Crippen MR) is 254 cm³/mol. The van der Waals surface area contributed by atoms with Crippen LogP contribution in [0.15, 0.2) is 126 Å². The Bertz CT molecular complexity index is 2470. The third-order valence-electron chi connectivity index (χ3n) is 11.9. The summed E-state index contributed by atoms with van der Waals surface area (Å²) in [4.78, 5) is 90.5. The first-order valence-corrected chi connectivity index (χ1v) is 22.1. The molecule has 0 spiro atoms. The number of primary amides is 1. The average molecular weight is 898 g/mol. The lowest BCUT2D eigenvalue weighted by atomic mass is 9.73. The number of hydrogen-bond donors (Lipinski definition) is 10. The van der Waals surface area contributed by atoms with Crippen molar-refractivity contribution in [1.82, 2.24) is 31.6 Å². The second-order valence-corrected chi connectivity index (χ2v) is 16.7. The van der Waals surface area contributed by atoms with Crippen LogP contribution >= 0.6 is 0 Å². The fourth-order valence-electron chi connectivity index (χ4n) is 8.27. The molecule has 0 aliphatic heterocycles. The lowest BCUT2D eigenvalue weighted by Gasteiger charge is -2.40. The number of urea groups is 1. The zero-order valence-corrected chi connectivity index (χ0v) is 36.9. The molecule has 66 heavy (non-hydrogen) atoms. The van der Waals surface area contributed by atoms with Crippen molar-refractivity contribution in [2.45, 2.75) is 93.9 Å². The van der Waals surface area contributed by atoms with E-state index in [2.05, 4.69) is 54.0 Å².